The molecular formula is C18H24ClN5O4. The highest BCUT2D eigenvalue weighted by Gasteiger charge is 2.51. The van der Waals surface area contributed by atoms with Crippen LogP contribution in [0.15, 0.2) is 6.20 Å². The molecule has 1 spiro atoms. The van der Waals surface area contributed by atoms with Crippen molar-refractivity contribution in [2.75, 3.05) is 31.2 Å². The Morgan fingerprint density at radius 1 is 1.21 bits per heavy atom. The third kappa shape index (κ3) is 2.64. The van der Waals surface area contributed by atoms with Gasteiger partial charge in [-0.05, 0) is 24.4 Å². The number of anilines is 1. The van der Waals surface area contributed by atoms with Gasteiger partial charge in [0.05, 0.1) is 24.8 Å². The first-order valence-electron chi connectivity index (χ1n) is 9.75. The van der Waals surface area contributed by atoms with Crippen LogP contribution in [0.2, 0.25) is 5.28 Å². The van der Waals surface area contributed by atoms with Gasteiger partial charge in [0.1, 0.15) is 18.0 Å². The molecule has 3 atom stereocenters. The zero-order chi connectivity index (χ0) is 19.5. The van der Waals surface area contributed by atoms with E-state index in [0.29, 0.717) is 22.3 Å². The number of hydrogen-bond acceptors (Lipinski definition) is 8. The average Bonchev–Trinajstić information content (AvgIpc) is 3.22. The van der Waals surface area contributed by atoms with Crippen molar-refractivity contribution in [3.63, 3.8) is 0 Å². The molecule has 5 rings (SSSR count). The molecule has 28 heavy (non-hydrogen) atoms. The first kappa shape index (κ1) is 18.5. The summed E-state index contributed by atoms with van der Waals surface area (Å²) < 4.78 is 6.55. The van der Waals surface area contributed by atoms with Crippen LogP contribution in [0, 0.1) is 5.41 Å². The number of ether oxygens (including phenoxy) is 1. The first-order valence-corrected chi connectivity index (χ1v) is 10.1. The molecule has 0 bridgehead atoms. The standard InChI is InChI=1S/C18H24ClN5O4/c19-16-21-14(23-8-17(9-23)4-2-1-3-5-17)11-6-20-24(15(11)22-16)18(27)10-28-12(7-25)13(18)26/h6,12-13,25-27H,1-5,7-10H2/t12-,13-,18+/m1/s1. The average molecular weight is 410 g/mol. The highest BCUT2D eigenvalue weighted by molar-refractivity contribution is 6.28. The molecule has 1 saturated carbocycles. The summed E-state index contributed by atoms with van der Waals surface area (Å²) in [6.07, 6.45) is 5.73. The Labute approximate surface area is 166 Å². The zero-order valence-electron chi connectivity index (χ0n) is 15.5. The van der Waals surface area contributed by atoms with E-state index in [0.717, 1.165) is 13.1 Å². The maximum atomic E-state index is 11.0. The molecule has 4 heterocycles. The number of fused-ring (bicyclic) bond motifs is 1. The Balaban J connectivity index is 1.50. The second-order valence-corrected chi connectivity index (χ2v) is 8.72. The Hall–Kier alpha value is -1.52. The van der Waals surface area contributed by atoms with Crippen molar-refractivity contribution in [3.8, 4) is 0 Å². The molecular weight excluding hydrogens is 386 g/mol. The molecule has 0 radical (unpaired) electrons. The van der Waals surface area contributed by atoms with Gasteiger partial charge in [-0.2, -0.15) is 15.1 Å². The SMILES string of the molecule is OC[C@H]1OC[C@@](O)(n2ncc3c(N4CC5(CCCCC5)C4)nc(Cl)nc32)[C@@H]1O. The minimum atomic E-state index is -1.83. The summed E-state index contributed by atoms with van der Waals surface area (Å²) in [6, 6.07) is 0. The number of nitrogens with zero attached hydrogens (tertiary/aromatic N) is 5. The summed E-state index contributed by atoms with van der Waals surface area (Å²) in [6.45, 7) is 1.26. The zero-order valence-corrected chi connectivity index (χ0v) is 16.2. The number of aliphatic hydroxyl groups excluding tert-OH is 2. The van der Waals surface area contributed by atoms with Crippen LogP contribution in [-0.2, 0) is 10.5 Å². The molecule has 9 nitrogen and oxygen atoms in total. The van der Waals surface area contributed by atoms with E-state index in [2.05, 4.69) is 20.0 Å². The van der Waals surface area contributed by atoms with E-state index in [1.165, 1.54) is 36.8 Å². The van der Waals surface area contributed by atoms with Gasteiger partial charge in [-0.1, -0.05) is 19.3 Å². The van der Waals surface area contributed by atoms with Crippen LogP contribution < -0.4 is 4.90 Å². The van der Waals surface area contributed by atoms with Crippen molar-refractivity contribution in [1.29, 1.82) is 0 Å². The van der Waals surface area contributed by atoms with Crippen LogP contribution in [0.25, 0.3) is 11.0 Å². The molecule has 2 saturated heterocycles. The molecule has 2 aromatic heterocycles. The van der Waals surface area contributed by atoms with Gasteiger partial charge in [0.25, 0.3) is 0 Å². The lowest BCUT2D eigenvalue weighted by molar-refractivity contribution is -0.117. The summed E-state index contributed by atoms with van der Waals surface area (Å²) in [7, 11) is 0. The second-order valence-electron chi connectivity index (χ2n) is 8.38. The quantitative estimate of drug-likeness (QED) is 0.632. The van der Waals surface area contributed by atoms with Crippen LogP contribution in [0.3, 0.4) is 0 Å². The van der Waals surface area contributed by atoms with Gasteiger partial charge < -0.3 is 25.0 Å². The Morgan fingerprint density at radius 3 is 2.64 bits per heavy atom. The molecule has 2 aliphatic heterocycles. The molecule has 1 aliphatic carbocycles. The van der Waals surface area contributed by atoms with Crippen molar-refractivity contribution in [2.24, 2.45) is 5.41 Å². The molecule has 3 aliphatic rings. The minimum absolute atomic E-state index is 0.0598. The van der Waals surface area contributed by atoms with E-state index in [1.807, 2.05) is 0 Å². The summed E-state index contributed by atoms with van der Waals surface area (Å²) in [5.74, 6) is 0.702. The van der Waals surface area contributed by atoms with E-state index in [-0.39, 0.29) is 11.9 Å². The number of halogens is 1. The van der Waals surface area contributed by atoms with Crippen LogP contribution in [0.1, 0.15) is 32.1 Å². The van der Waals surface area contributed by atoms with Crippen molar-refractivity contribution >= 4 is 28.5 Å². The summed E-state index contributed by atoms with van der Waals surface area (Å²) in [5, 5.41) is 35.8. The molecule has 0 aromatic carbocycles. The normalized spacial score (nSPS) is 32.2. The predicted octanol–water partition coefficient (Wildman–Crippen LogP) is 0.647. The Morgan fingerprint density at radius 2 is 1.96 bits per heavy atom. The number of rotatable bonds is 3. The topological polar surface area (TPSA) is 117 Å². The molecule has 3 N–H and O–H groups in total. The lowest BCUT2D eigenvalue weighted by Crippen LogP contribution is -2.57. The maximum absolute atomic E-state index is 11.0. The largest absolute Gasteiger partial charge is 0.394 e. The van der Waals surface area contributed by atoms with E-state index in [9.17, 15) is 15.3 Å². The van der Waals surface area contributed by atoms with E-state index >= 15 is 0 Å². The van der Waals surface area contributed by atoms with Crippen LogP contribution in [0.5, 0.6) is 0 Å². The number of hydrogen-bond donors (Lipinski definition) is 3. The highest BCUT2D eigenvalue weighted by atomic mass is 35.5. The van der Waals surface area contributed by atoms with Gasteiger partial charge in [-0.25, -0.2) is 4.68 Å². The van der Waals surface area contributed by atoms with Gasteiger partial charge in [0.2, 0.25) is 11.0 Å². The lowest BCUT2D eigenvalue weighted by Gasteiger charge is -2.53. The Kier molecular flexibility index (Phi) is 4.29. The van der Waals surface area contributed by atoms with Crippen LogP contribution >= 0.6 is 11.6 Å². The van der Waals surface area contributed by atoms with Crippen molar-refractivity contribution in [2.45, 2.75) is 50.0 Å². The van der Waals surface area contributed by atoms with Gasteiger partial charge in [-0.3, -0.25) is 0 Å². The van der Waals surface area contributed by atoms with Crippen LogP contribution in [-0.4, -0.2) is 73.6 Å². The van der Waals surface area contributed by atoms with Gasteiger partial charge in [-0.15, -0.1) is 0 Å². The monoisotopic (exact) mass is 409 g/mol. The minimum Gasteiger partial charge on any atom is -0.394 e. The molecule has 0 unspecified atom stereocenters. The molecule has 0 amide bonds. The Bertz CT molecular complexity index is 893. The summed E-state index contributed by atoms with van der Waals surface area (Å²) >= 11 is 6.19. The second kappa shape index (κ2) is 6.50. The summed E-state index contributed by atoms with van der Waals surface area (Å²) in [4.78, 5) is 10.9. The third-order valence-electron chi connectivity index (χ3n) is 6.53. The predicted molar refractivity (Wildman–Crippen MR) is 101 cm³/mol. The highest BCUT2D eigenvalue weighted by Crippen LogP contribution is 2.46. The fourth-order valence-electron chi connectivity index (χ4n) is 4.97. The van der Waals surface area contributed by atoms with E-state index in [4.69, 9.17) is 16.3 Å². The fourth-order valence-corrected chi connectivity index (χ4v) is 5.13. The van der Waals surface area contributed by atoms with Crippen molar-refractivity contribution in [3.05, 3.63) is 11.5 Å². The molecule has 10 heteroatoms. The lowest BCUT2D eigenvalue weighted by atomic mass is 9.68. The van der Waals surface area contributed by atoms with Crippen molar-refractivity contribution < 1.29 is 20.1 Å². The first-order chi connectivity index (χ1) is 13.5. The molecule has 152 valence electrons. The van der Waals surface area contributed by atoms with E-state index < -0.39 is 24.5 Å². The van der Waals surface area contributed by atoms with Crippen molar-refractivity contribution in [1.82, 2.24) is 19.7 Å². The van der Waals surface area contributed by atoms with Gasteiger partial charge in [0, 0.05) is 18.5 Å². The molecule has 2 aromatic rings. The van der Waals surface area contributed by atoms with Gasteiger partial charge in [0.15, 0.2) is 5.65 Å². The summed E-state index contributed by atoms with van der Waals surface area (Å²) in [5.41, 5.74) is -1.12. The van der Waals surface area contributed by atoms with Crippen LogP contribution in [0.4, 0.5) is 5.82 Å². The third-order valence-corrected chi connectivity index (χ3v) is 6.70. The maximum Gasteiger partial charge on any atom is 0.226 e. The number of aromatic nitrogens is 4. The number of aliphatic hydroxyl groups is 3. The van der Waals surface area contributed by atoms with E-state index in [1.54, 1.807) is 6.20 Å². The molecule has 3 fully saturated rings. The fraction of sp³-hybridized carbons (Fsp3) is 0.722. The van der Waals surface area contributed by atoms with Gasteiger partial charge >= 0.3 is 0 Å². The smallest absolute Gasteiger partial charge is 0.226 e.